The summed E-state index contributed by atoms with van der Waals surface area (Å²) in [5, 5.41) is 9.97. The van der Waals surface area contributed by atoms with E-state index in [0.717, 1.165) is 0 Å². The molecule has 1 aromatic heterocycles. The van der Waals surface area contributed by atoms with Gasteiger partial charge in [0.2, 0.25) is 5.82 Å². The van der Waals surface area contributed by atoms with Gasteiger partial charge in [0.15, 0.2) is 0 Å². The number of anilines is 1. The van der Waals surface area contributed by atoms with Gasteiger partial charge in [-0.05, 0) is 18.2 Å². The van der Waals surface area contributed by atoms with Crippen molar-refractivity contribution in [1.82, 2.24) is 15.2 Å². The van der Waals surface area contributed by atoms with Gasteiger partial charge in [0.1, 0.15) is 5.82 Å². The third-order valence-corrected chi connectivity index (χ3v) is 2.80. The first-order valence-corrected chi connectivity index (χ1v) is 6.03. The highest BCUT2D eigenvalue weighted by Crippen LogP contribution is 2.25. The summed E-state index contributed by atoms with van der Waals surface area (Å²) < 4.78 is 0. The first-order chi connectivity index (χ1) is 8.60. The van der Waals surface area contributed by atoms with Crippen molar-refractivity contribution in [1.29, 1.82) is 0 Å². The van der Waals surface area contributed by atoms with Gasteiger partial charge in [0.05, 0.1) is 10.7 Å². The lowest BCUT2D eigenvalue weighted by Gasteiger charge is -2.04. The number of hydrogen-bond acceptors (Lipinski definition) is 3. The standard InChI is InChI=1S/C11H10Cl2N4O/c1-2-9-15-10(17-16-9)11(18)14-8-4-3-6(12)5-7(8)13/h3-5H,2H2,1H3,(H,14,18)(H,15,16,17). The predicted octanol–water partition coefficient (Wildman–Crippen LogP) is 2.93. The highest BCUT2D eigenvalue weighted by molar-refractivity contribution is 6.36. The quantitative estimate of drug-likeness (QED) is 0.910. The Kier molecular flexibility index (Phi) is 3.84. The van der Waals surface area contributed by atoms with Crippen LogP contribution in [0.15, 0.2) is 18.2 Å². The van der Waals surface area contributed by atoms with E-state index in [1.54, 1.807) is 18.2 Å². The van der Waals surface area contributed by atoms with Gasteiger partial charge in [0, 0.05) is 11.4 Å². The summed E-state index contributed by atoms with van der Waals surface area (Å²) in [6.07, 6.45) is 0.683. The molecule has 0 aliphatic heterocycles. The second-order valence-electron chi connectivity index (χ2n) is 3.54. The minimum atomic E-state index is -0.421. The lowest BCUT2D eigenvalue weighted by Crippen LogP contribution is -2.14. The van der Waals surface area contributed by atoms with Gasteiger partial charge in [0.25, 0.3) is 5.91 Å². The van der Waals surface area contributed by atoms with Crippen molar-refractivity contribution in [2.24, 2.45) is 0 Å². The first kappa shape index (κ1) is 12.9. The molecule has 0 aliphatic rings. The summed E-state index contributed by atoms with van der Waals surface area (Å²) in [4.78, 5) is 15.9. The number of aromatic amines is 1. The van der Waals surface area contributed by atoms with Crippen molar-refractivity contribution in [2.75, 3.05) is 5.32 Å². The van der Waals surface area contributed by atoms with Crippen molar-refractivity contribution >= 4 is 34.8 Å². The molecule has 1 amide bonds. The van der Waals surface area contributed by atoms with E-state index in [1.807, 2.05) is 6.92 Å². The molecule has 7 heteroatoms. The summed E-state index contributed by atoms with van der Waals surface area (Å²) in [5.41, 5.74) is 0.467. The normalized spacial score (nSPS) is 10.4. The zero-order valence-electron chi connectivity index (χ0n) is 9.50. The van der Waals surface area contributed by atoms with Gasteiger partial charge in [-0.1, -0.05) is 30.1 Å². The lowest BCUT2D eigenvalue weighted by molar-refractivity contribution is 0.101. The molecular weight excluding hydrogens is 275 g/mol. The maximum absolute atomic E-state index is 11.8. The minimum absolute atomic E-state index is 0.0814. The largest absolute Gasteiger partial charge is 0.318 e. The molecule has 2 N–H and O–H groups in total. The van der Waals surface area contributed by atoms with Gasteiger partial charge < -0.3 is 5.32 Å². The topological polar surface area (TPSA) is 70.7 Å². The molecule has 0 spiro atoms. The van der Waals surface area contributed by atoms with Crippen molar-refractivity contribution < 1.29 is 4.79 Å². The Hall–Kier alpha value is -1.59. The second-order valence-corrected chi connectivity index (χ2v) is 4.38. The van der Waals surface area contributed by atoms with Crippen LogP contribution in [-0.2, 0) is 6.42 Å². The highest BCUT2D eigenvalue weighted by atomic mass is 35.5. The fourth-order valence-electron chi connectivity index (χ4n) is 1.32. The van der Waals surface area contributed by atoms with Gasteiger partial charge >= 0.3 is 0 Å². The molecule has 0 aliphatic carbocycles. The minimum Gasteiger partial charge on any atom is -0.318 e. The molecule has 0 saturated heterocycles. The Morgan fingerprint density at radius 3 is 2.83 bits per heavy atom. The fourth-order valence-corrected chi connectivity index (χ4v) is 1.78. The van der Waals surface area contributed by atoms with Crippen molar-refractivity contribution in [3.63, 3.8) is 0 Å². The molecule has 2 aromatic rings. The third-order valence-electron chi connectivity index (χ3n) is 2.25. The van der Waals surface area contributed by atoms with E-state index in [4.69, 9.17) is 23.2 Å². The van der Waals surface area contributed by atoms with Crippen LogP contribution in [0.3, 0.4) is 0 Å². The van der Waals surface area contributed by atoms with Crippen LogP contribution in [0.1, 0.15) is 23.4 Å². The highest BCUT2D eigenvalue weighted by Gasteiger charge is 2.13. The molecule has 1 heterocycles. The average Bonchev–Trinajstić information content (AvgIpc) is 2.81. The lowest BCUT2D eigenvalue weighted by atomic mass is 10.3. The predicted molar refractivity (Wildman–Crippen MR) is 70.2 cm³/mol. The molecule has 1 aromatic carbocycles. The van der Waals surface area contributed by atoms with Crippen LogP contribution in [-0.4, -0.2) is 21.1 Å². The molecule has 0 bridgehead atoms. The van der Waals surface area contributed by atoms with Gasteiger partial charge in [-0.25, -0.2) is 4.98 Å². The summed E-state index contributed by atoms with van der Waals surface area (Å²) in [6.45, 7) is 1.91. The molecular formula is C11H10Cl2N4O. The van der Waals surface area contributed by atoms with Gasteiger partial charge in [-0.2, -0.15) is 0 Å². The van der Waals surface area contributed by atoms with Gasteiger partial charge in [-0.3, -0.25) is 9.89 Å². The molecule has 0 atom stereocenters. The molecule has 2 rings (SSSR count). The Morgan fingerprint density at radius 1 is 1.44 bits per heavy atom. The summed E-state index contributed by atoms with van der Waals surface area (Å²) in [6, 6.07) is 4.81. The van der Waals surface area contributed by atoms with Crippen molar-refractivity contribution in [3.8, 4) is 0 Å². The van der Waals surface area contributed by atoms with Crippen LogP contribution >= 0.6 is 23.2 Å². The number of H-pyrrole nitrogens is 1. The number of halogens is 2. The SMILES string of the molecule is CCc1nc(C(=O)Nc2ccc(Cl)cc2Cl)n[nH]1. The number of carbonyl (C=O) groups excluding carboxylic acids is 1. The van der Waals surface area contributed by atoms with Crippen LogP contribution in [0.2, 0.25) is 10.0 Å². The number of benzene rings is 1. The van der Waals surface area contributed by atoms with E-state index in [-0.39, 0.29) is 5.82 Å². The number of nitrogens with one attached hydrogen (secondary N) is 2. The maximum atomic E-state index is 11.8. The number of carbonyl (C=O) groups is 1. The zero-order valence-corrected chi connectivity index (χ0v) is 11.0. The van der Waals surface area contributed by atoms with E-state index >= 15 is 0 Å². The van der Waals surface area contributed by atoms with Crippen LogP contribution in [0.4, 0.5) is 5.69 Å². The van der Waals surface area contributed by atoms with Gasteiger partial charge in [-0.15, -0.1) is 5.10 Å². The number of hydrogen-bond donors (Lipinski definition) is 2. The molecule has 0 unspecified atom stereocenters. The molecule has 0 saturated carbocycles. The van der Waals surface area contributed by atoms with Crippen molar-refractivity contribution in [3.05, 3.63) is 39.9 Å². The second kappa shape index (κ2) is 5.37. The van der Waals surface area contributed by atoms with E-state index < -0.39 is 5.91 Å². The molecule has 18 heavy (non-hydrogen) atoms. The number of amides is 1. The van der Waals surface area contributed by atoms with Crippen LogP contribution in [0.5, 0.6) is 0 Å². The molecule has 0 fully saturated rings. The van der Waals surface area contributed by atoms with Crippen LogP contribution < -0.4 is 5.32 Å². The Labute approximate surface area is 114 Å². The smallest absolute Gasteiger partial charge is 0.295 e. The molecule has 5 nitrogen and oxygen atoms in total. The summed E-state index contributed by atoms with van der Waals surface area (Å²) in [7, 11) is 0. The number of nitrogens with zero attached hydrogens (tertiary/aromatic N) is 2. The first-order valence-electron chi connectivity index (χ1n) is 5.28. The zero-order chi connectivity index (χ0) is 13.1. The number of rotatable bonds is 3. The maximum Gasteiger partial charge on any atom is 0.295 e. The summed E-state index contributed by atoms with van der Waals surface area (Å²) >= 11 is 11.7. The Morgan fingerprint density at radius 2 is 2.22 bits per heavy atom. The summed E-state index contributed by atoms with van der Waals surface area (Å²) in [5.74, 6) is 0.315. The Bertz CT molecular complexity index is 582. The van der Waals surface area contributed by atoms with E-state index in [0.29, 0.717) is 28.0 Å². The van der Waals surface area contributed by atoms with Crippen LogP contribution in [0.25, 0.3) is 0 Å². The Balaban J connectivity index is 2.16. The molecule has 94 valence electrons. The van der Waals surface area contributed by atoms with Crippen molar-refractivity contribution in [2.45, 2.75) is 13.3 Å². The van der Waals surface area contributed by atoms with E-state index in [2.05, 4.69) is 20.5 Å². The third kappa shape index (κ3) is 2.80. The molecule has 0 radical (unpaired) electrons. The van der Waals surface area contributed by atoms with Crippen LogP contribution in [0, 0.1) is 0 Å². The number of aryl methyl sites for hydroxylation is 1. The monoisotopic (exact) mass is 284 g/mol. The van der Waals surface area contributed by atoms with E-state index in [9.17, 15) is 4.79 Å². The average molecular weight is 285 g/mol. The fraction of sp³-hybridized carbons (Fsp3) is 0.182. The van der Waals surface area contributed by atoms with E-state index in [1.165, 1.54) is 0 Å². The number of aromatic nitrogens is 3.